The van der Waals surface area contributed by atoms with Gasteiger partial charge < -0.3 is 10.2 Å². The topological polar surface area (TPSA) is 73.3 Å². The minimum Gasteiger partial charge on any atom is -0.451 e. The van der Waals surface area contributed by atoms with Crippen LogP contribution >= 0.6 is 11.6 Å². The third-order valence-electron chi connectivity index (χ3n) is 4.21. The molecule has 134 valence electrons. The van der Waals surface area contributed by atoms with Gasteiger partial charge in [-0.2, -0.15) is 0 Å². The van der Waals surface area contributed by atoms with Gasteiger partial charge >= 0.3 is 0 Å². The van der Waals surface area contributed by atoms with Crippen LogP contribution in [0.3, 0.4) is 0 Å². The molecular formula is C20H17ClFNO3. The Morgan fingerprint density at radius 3 is 2.69 bits per heavy atom. The molecule has 0 atom stereocenters. The highest BCUT2D eigenvalue weighted by Crippen LogP contribution is 2.28. The van der Waals surface area contributed by atoms with E-state index in [-0.39, 0.29) is 18.0 Å². The molecule has 1 heterocycles. The summed E-state index contributed by atoms with van der Waals surface area (Å²) in [5.74, 6) is -0.795. The minimum atomic E-state index is -0.710. The van der Waals surface area contributed by atoms with Crippen LogP contribution < -0.4 is 5.73 Å². The van der Waals surface area contributed by atoms with Gasteiger partial charge in [0.15, 0.2) is 11.5 Å². The Morgan fingerprint density at radius 2 is 1.96 bits per heavy atom. The molecule has 0 aliphatic heterocycles. The molecule has 0 aliphatic rings. The molecule has 6 heteroatoms. The lowest BCUT2D eigenvalue weighted by molar-refractivity contribution is 0.0972. The van der Waals surface area contributed by atoms with E-state index in [1.165, 1.54) is 18.2 Å². The molecule has 0 bridgehead atoms. The lowest BCUT2D eigenvalue weighted by Crippen LogP contribution is -2.12. The summed E-state index contributed by atoms with van der Waals surface area (Å²) in [6.45, 7) is 0. The zero-order valence-electron chi connectivity index (χ0n) is 13.9. The molecule has 2 N–H and O–H groups in total. The summed E-state index contributed by atoms with van der Waals surface area (Å²) in [7, 11) is 0. The Kier molecular flexibility index (Phi) is 5.38. The van der Waals surface area contributed by atoms with Gasteiger partial charge in [-0.15, -0.1) is 11.6 Å². The second-order valence-corrected chi connectivity index (χ2v) is 6.29. The summed E-state index contributed by atoms with van der Waals surface area (Å²) in [4.78, 5) is 24.0. The average Bonchev–Trinajstić information content (AvgIpc) is 3.00. The Balaban J connectivity index is 1.77. The average molecular weight is 374 g/mol. The van der Waals surface area contributed by atoms with Gasteiger partial charge in [0, 0.05) is 28.8 Å². The Bertz CT molecular complexity index is 980. The highest BCUT2D eigenvalue weighted by molar-refractivity contribution is 6.17. The van der Waals surface area contributed by atoms with E-state index in [1.807, 2.05) is 6.07 Å². The Hall–Kier alpha value is -2.66. The molecule has 3 aromatic rings. The highest BCUT2D eigenvalue weighted by atomic mass is 35.5. The number of fused-ring (bicyclic) bond motifs is 1. The number of hydrogen-bond donors (Lipinski definition) is 1. The van der Waals surface area contributed by atoms with Crippen molar-refractivity contribution in [1.29, 1.82) is 0 Å². The van der Waals surface area contributed by atoms with E-state index < -0.39 is 11.7 Å². The van der Waals surface area contributed by atoms with Crippen molar-refractivity contribution >= 4 is 34.3 Å². The first-order valence-corrected chi connectivity index (χ1v) is 8.72. The molecular weight excluding hydrogens is 357 g/mol. The van der Waals surface area contributed by atoms with E-state index in [9.17, 15) is 14.0 Å². The van der Waals surface area contributed by atoms with Gasteiger partial charge in [-0.1, -0.05) is 18.2 Å². The number of carbonyl (C=O) groups is 2. The summed E-state index contributed by atoms with van der Waals surface area (Å²) in [5, 5.41) is 0.510. The number of primary amides is 1. The molecule has 26 heavy (non-hydrogen) atoms. The number of carbonyl (C=O) groups excluding carboxylic acids is 2. The van der Waals surface area contributed by atoms with Gasteiger partial charge in [0.2, 0.25) is 0 Å². The maximum Gasteiger partial charge on any atom is 0.284 e. The summed E-state index contributed by atoms with van der Waals surface area (Å²) < 4.78 is 19.0. The van der Waals surface area contributed by atoms with Crippen LogP contribution in [0.5, 0.6) is 0 Å². The van der Waals surface area contributed by atoms with Crippen LogP contribution in [0.25, 0.3) is 11.0 Å². The van der Waals surface area contributed by atoms with Crippen LogP contribution in [-0.2, 0) is 12.3 Å². The molecule has 0 aliphatic carbocycles. The monoisotopic (exact) mass is 373 g/mol. The van der Waals surface area contributed by atoms with Crippen LogP contribution in [-0.4, -0.2) is 11.7 Å². The molecule has 0 saturated heterocycles. The molecule has 1 aromatic heterocycles. The first-order valence-electron chi connectivity index (χ1n) is 8.18. The standard InChI is InChI=1S/C20H17ClFNO3/c21-11-12-3-1-4-13(9-12)17(24)6-2-5-15-16-10-14(22)7-8-18(16)26-19(15)20(23)25/h1,3-4,7-10H,2,5-6,11H2,(H2,23,25). The third kappa shape index (κ3) is 3.78. The van der Waals surface area contributed by atoms with Crippen LogP contribution in [0.4, 0.5) is 4.39 Å². The smallest absolute Gasteiger partial charge is 0.284 e. The van der Waals surface area contributed by atoms with Crippen molar-refractivity contribution in [2.75, 3.05) is 0 Å². The number of furan rings is 1. The van der Waals surface area contributed by atoms with Gasteiger partial charge in [0.05, 0.1) is 0 Å². The number of hydrogen-bond acceptors (Lipinski definition) is 3. The van der Waals surface area contributed by atoms with Gasteiger partial charge in [-0.25, -0.2) is 4.39 Å². The number of alkyl halides is 1. The quantitative estimate of drug-likeness (QED) is 0.485. The lowest BCUT2D eigenvalue weighted by Gasteiger charge is -2.04. The van der Waals surface area contributed by atoms with Crippen molar-refractivity contribution in [2.24, 2.45) is 5.73 Å². The zero-order chi connectivity index (χ0) is 18.7. The maximum absolute atomic E-state index is 13.5. The lowest BCUT2D eigenvalue weighted by atomic mass is 9.99. The first-order chi connectivity index (χ1) is 12.5. The van der Waals surface area contributed by atoms with Crippen LogP contribution in [0, 0.1) is 5.82 Å². The third-order valence-corrected chi connectivity index (χ3v) is 4.52. The Labute approximate surface area is 154 Å². The van der Waals surface area contributed by atoms with Gasteiger partial charge in [0.25, 0.3) is 5.91 Å². The SMILES string of the molecule is NC(=O)c1oc2ccc(F)cc2c1CCCC(=O)c1cccc(CCl)c1. The normalized spacial score (nSPS) is 11.0. The predicted octanol–water partition coefficient (Wildman–Crippen LogP) is 4.62. The summed E-state index contributed by atoms with van der Waals surface area (Å²) in [6, 6.07) is 11.2. The molecule has 2 aromatic carbocycles. The highest BCUT2D eigenvalue weighted by Gasteiger charge is 2.19. The number of Topliss-reactive ketones (excluding diaryl/α,β-unsaturated/α-hetero) is 1. The number of halogens is 2. The molecule has 0 unspecified atom stereocenters. The second-order valence-electron chi connectivity index (χ2n) is 6.03. The molecule has 4 nitrogen and oxygen atoms in total. The summed E-state index contributed by atoms with van der Waals surface area (Å²) in [6.07, 6.45) is 1.15. The van der Waals surface area contributed by atoms with E-state index in [0.717, 1.165) is 5.56 Å². The zero-order valence-corrected chi connectivity index (χ0v) is 14.7. The molecule has 0 radical (unpaired) electrons. The summed E-state index contributed by atoms with van der Waals surface area (Å²) in [5.41, 5.74) is 7.78. The number of ketones is 1. The minimum absolute atomic E-state index is 0.0159. The second kappa shape index (κ2) is 7.70. The van der Waals surface area contributed by atoms with Crippen molar-refractivity contribution in [3.8, 4) is 0 Å². The van der Waals surface area contributed by atoms with E-state index >= 15 is 0 Å². The molecule has 0 saturated carbocycles. The maximum atomic E-state index is 13.5. The predicted molar refractivity (Wildman–Crippen MR) is 98.0 cm³/mol. The van der Waals surface area contributed by atoms with Crippen molar-refractivity contribution in [1.82, 2.24) is 0 Å². The van der Waals surface area contributed by atoms with E-state index in [0.29, 0.717) is 40.8 Å². The molecule has 0 spiro atoms. The van der Waals surface area contributed by atoms with E-state index in [1.54, 1.807) is 18.2 Å². The largest absolute Gasteiger partial charge is 0.451 e. The number of rotatable bonds is 7. The van der Waals surface area contributed by atoms with Crippen LogP contribution in [0.1, 0.15) is 44.9 Å². The first kappa shape index (κ1) is 18.1. The Morgan fingerprint density at radius 1 is 1.15 bits per heavy atom. The number of aryl methyl sites for hydroxylation is 1. The van der Waals surface area contributed by atoms with Gasteiger partial charge in [-0.05, 0) is 42.7 Å². The number of amides is 1. The van der Waals surface area contributed by atoms with Crippen LogP contribution in [0.2, 0.25) is 0 Å². The van der Waals surface area contributed by atoms with Crippen molar-refractivity contribution in [3.63, 3.8) is 0 Å². The van der Waals surface area contributed by atoms with Crippen molar-refractivity contribution < 1.29 is 18.4 Å². The number of nitrogens with two attached hydrogens (primary N) is 1. The fourth-order valence-corrected chi connectivity index (χ4v) is 3.13. The van der Waals surface area contributed by atoms with E-state index in [2.05, 4.69) is 0 Å². The number of benzene rings is 2. The molecule has 1 amide bonds. The van der Waals surface area contributed by atoms with Crippen molar-refractivity contribution in [2.45, 2.75) is 25.1 Å². The van der Waals surface area contributed by atoms with Crippen molar-refractivity contribution in [3.05, 3.63) is 70.7 Å². The van der Waals surface area contributed by atoms with Gasteiger partial charge in [-0.3, -0.25) is 9.59 Å². The molecule has 3 rings (SSSR count). The van der Waals surface area contributed by atoms with E-state index in [4.69, 9.17) is 21.8 Å². The fourth-order valence-electron chi connectivity index (χ4n) is 2.97. The van der Waals surface area contributed by atoms with Gasteiger partial charge in [0.1, 0.15) is 11.4 Å². The fraction of sp³-hybridized carbons (Fsp3) is 0.200. The summed E-state index contributed by atoms with van der Waals surface area (Å²) >= 11 is 5.79. The molecule has 0 fully saturated rings. The van der Waals surface area contributed by atoms with Crippen LogP contribution in [0.15, 0.2) is 46.9 Å².